The molecule has 4 heteroatoms. The topological polar surface area (TPSA) is 55.4 Å². The van der Waals surface area contributed by atoms with Gasteiger partial charge in [0.1, 0.15) is 6.04 Å². The molecule has 1 fully saturated rings. The smallest absolute Gasteiger partial charge is 0.328 e. The summed E-state index contributed by atoms with van der Waals surface area (Å²) in [5.74, 6) is -0.209. The van der Waals surface area contributed by atoms with Crippen LogP contribution in [-0.2, 0) is 14.3 Å². The molecule has 0 radical (unpaired) electrons. The van der Waals surface area contributed by atoms with Crippen molar-refractivity contribution in [1.82, 2.24) is 5.32 Å². The van der Waals surface area contributed by atoms with Crippen LogP contribution in [0.2, 0.25) is 0 Å². The Hall–Kier alpha value is -1.06. The molecule has 0 aliphatic heterocycles. The van der Waals surface area contributed by atoms with E-state index in [-0.39, 0.29) is 17.8 Å². The molecule has 0 aromatic heterocycles. The van der Waals surface area contributed by atoms with Crippen LogP contribution in [0.15, 0.2) is 0 Å². The molecular weight excluding hydrogens is 266 g/mol. The Labute approximate surface area is 129 Å². The third-order valence-corrected chi connectivity index (χ3v) is 4.18. The first-order valence-corrected chi connectivity index (χ1v) is 8.62. The first kappa shape index (κ1) is 18.0. The van der Waals surface area contributed by atoms with E-state index in [4.69, 9.17) is 4.74 Å². The SMILES string of the molecule is CCCCCCCOC(=O)[C@H](C)NC(=O)C1CCCCC1. The highest BCUT2D eigenvalue weighted by atomic mass is 16.5. The van der Waals surface area contributed by atoms with Gasteiger partial charge in [0.25, 0.3) is 0 Å². The number of hydrogen-bond acceptors (Lipinski definition) is 3. The minimum Gasteiger partial charge on any atom is -0.464 e. The third kappa shape index (κ3) is 7.49. The van der Waals surface area contributed by atoms with E-state index < -0.39 is 6.04 Å². The van der Waals surface area contributed by atoms with Gasteiger partial charge in [-0.25, -0.2) is 4.79 Å². The highest BCUT2D eigenvalue weighted by Crippen LogP contribution is 2.23. The molecule has 1 atom stereocenters. The first-order chi connectivity index (χ1) is 10.1. The van der Waals surface area contributed by atoms with Crippen LogP contribution >= 0.6 is 0 Å². The van der Waals surface area contributed by atoms with Crippen molar-refractivity contribution < 1.29 is 14.3 Å². The first-order valence-electron chi connectivity index (χ1n) is 8.62. The van der Waals surface area contributed by atoms with E-state index in [1.807, 2.05) is 0 Å². The molecule has 0 saturated heterocycles. The van der Waals surface area contributed by atoms with Gasteiger partial charge in [-0.2, -0.15) is 0 Å². The van der Waals surface area contributed by atoms with Crippen molar-refractivity contribution in [3.63, 3.8) is 0 Å². The van der Waals surface area contributed by atoms with Crippen LogP contribution in [0.4, 0.5) is 0 Å². The predicted octanol–water partition coefficient (Wildman–Crippen LogP) is 3.59. The Morgan fingerprint density at radius 1 is 1.10 bits per heavy atom. The molecule has 1 aliphatic carbocycles. The van der Waals surface area contributed by atoms with Crippen LogP contribution in [0.3, 0.4) is 0 Å². The summed E-state index contributed by atoms with van der Waals surface area (Å²) in [6.07, 6.45) is 11.0. The van der Waals surface area contributed by atoms with E-state index >= 15 is 0 Å². The molecule has 1 rings (SSSR count). The standard InChI is InChI=1S/C17H31NO3/c1-3-4-5-6-10-13-21-17(20)14(2)18-16(19)15-11-8-7-9-12-15/h14-15H,3-13H2,1-2H3,(H,18,19)/t14-/m0/s1. The van der Waals surface area contributed by atoms with Crippen molar-refractivity contribution in [1.29, 1.82) is 0 Å². The van der Waals surface area contributed by atoms with Crippen LogP contribution in [0.1, 0.15) is 78.1 Å². The molecule has 1 saturated carbocycles. The summed E-state index contributed by atoms with van der Waals surface area (Å²) in [6.45, 7) is 4.35. The van der Waals surface area contributed by atoms with Crippen LogP contribution in [0.5, 0.6) is 0 Å². The average Bonchev–Trinajstić information content (AvgIpc) is 2.51. The fourth-order valence-electron chi connectivity index (χ4n) is 2.76. The van der Waals surface area contributed by atoms with Crippen LogP contribution < -0.4 is 5.32 Å². The molecule has 0 aromatic carbocycles. The van der Waals surface area contributed by atoms with Crippen LogP contribution in [0, 0.1) is 5.92 Å². The fraction of sp³-hybridized carbons (Fsp3) is 0.882. The zero-order valence-corrected chi connectivity index (χ0v) is 13.7. The summed E-state index contributed by atoms with van der Waals surface area (Å²) in [4.78, 5) is 23.9. The minimum atomic E-state index is -0.532. The minimum absolute atomic E-state index is 0.0158. The molecule has 0 bridgehead atoms. The molecule has 4 nitrogen and oxygen atoms in total. The molecule has 0 spiro atoms. The molecule has 21 heavy (non-hydrogen) atoms. The lowest BCUT2D eigenvalue weighted by atomic mass is 9.88. The van der Waals surface area contributed by atoms with Gasteiger partial charge in [0.15, 0.2) is 0 Å². The molecule has 122 valence electrons. The molecule has 0 aromatic rings. The van der Waals surface area contributed by atoms with Crippen molar-refractivity contribution in [2.45, 2.75) is 84.1 Å². The van der Waals surface area contributed by atoms with Gasteiger partial charge in [0, 0.05) is 5.92 Å². The Bertz CT molecular complexity index is 311. The van der Waals surface area contributed by atoms with Gasteiger partial charge >= 0.3 is 5.97 Å². The van der Waals surface area contributed by atoms with E-state index in [0.29, 0.717) is 6.61 Å². The highest BCUT2D eigenvalue weighted by molar-refractivity contribution is 5.85. The maximum atomic E-state index is 12.0. The van der Waals surface area contributed by atoms with Gasteiger partial charge in [-0.05, 0) is 26.2 Å². The molecular formula is C17H31NO3. The predicted molar refractivity (Wildman–Crippen MR) is 83.9 cm³/mol. The lowest BCUT2D eigenvalue weighted by molar-refractivity contribution is -0.148. The van der Waals surface area contributed by atoms with Gasteiger partial charge in [-0.3, -0.25) is 4.79 Å². The summed E-state index contributed by atoms with van der Waals surface area (Å²) >= 11 is 0. The molecule has 1 N–H and O–H groups in total. The van der Waals surface area contributed by atoms with Gasteiger partial charge in [-0.15, -0.1) is 0 Å². The zero-order valence-electron chi connectivity index (χ0n) is 13.7. The van der Waals surface area contributed by atoms with Crippen molar-refractivity contribution in [2.75, 3.05) is 6.61 Å². The molecule has 0 heterocycles. The van der Waals surface area contributed by atoms with Crippen molar-refractivity contribution in [3.05, 3.63) is 0 Å². The molecule has 0 unspecified atom stereocenters. The van der Waals surface area contributed by atoms with E-state index in [1.54, 1.807) is 6.92 Å². The highest BCUT2D eigenvalue weighted by Gasteiger charge is 2.24. The molecule has 1 amide bonds. The summed E-state index contributed by atoms with van der Waals surface area (Å²) in [5.41, 5.74) is 0. The Kier molecular flexibility index (Phi) is 9.11. The fourth-order valence-corrected chi connectivity index (χ4v) is 2.76. The lowest BCUT2D eigenvalue weighted by Crippen LogP contribution is -2.43. The number of unbranched alkanes of at least 4 members (excludes halogenated alkanes) is 4. The monoisotopic (exact) mass is 297 g/mol. The number of nitrogens with one attached hydrogen (secondary N) is 1. The number of carbonyl (C=O) groups is 2. The van der Waals surface area contributed by atoms with E-state index in [0.717, 1.165) is 38.5 Å². The largest absolute Gasteiger partial charge is 0.464 e. The number of rotatable bonds is 9. The van der Waals surface area contributed by atoms with Crippen LogP contribution in [0.25, 0.3) is 0 Å². The number of hydrogen-bond donors (Lipinski definition) is 1. The Morgan fingerprint density at radius 2 is 1.76 bits per heavy atom. The maximum Gasteiger partial charge on any atom is 0.328 e. The van der Waals surface area contributed by atoms with E-state index in [9.17, 15) is 9.59 Å². The van der Waals surface area contributed by atoms with Crippen molar-refractivity contribution in [3.8, 4) is 0 Å². The summed E-state index contributed by atoms with van der Waals surface area (Å²) in [6, 6.07) is -0.532. The van der Waals surface area contributed by atoms with Gasteiger partial charge in [0.2, 0.25) is 5.91 Å². The summed E-state index contributed by atoms with van der Waals surface area (Å²) < 4.78 is 5.22. The number of esters is 1. The van der Waals surface area contributed by atoms with Crippen LogP contribution in [-0.4, -0.2) is 24.5 Å². The van der Waals surface area contributed by atoms with E-state index in [2.05, 4.69) is 12.2 Å². The second-order valence-corrected chi connectivity index (χ2v) is 6.15. The Morgan fingerprint density at radius 3 is 2.43 bits per heavy atom. The zero-order chi connectivity index (χ0) is 15.5. The lowest BCUT2D eigenvalue weighted by Gasteiger charge is -2.22. The van der Waals surface area contributed by atoms with Crippen molar-refractivity contribution in [2.24, 2.45) is 5.92 Å². The van der Waals surface area contributed by atoms with Gasteiger partial charge in [0.05, 0.1) is 6.61 Å². The number of carbonyl (C=O) groups excluding carboxylic acids is 2. The maximum absolute atomic E-state index is 12.0. The van der Waals surface area contributed by atoms with Crippen molar-refractivity contribution >= 4 is 11.9 Å². The quantitative estimate of drug-likeness (QED) is 0.523. The number of ether oxygens (including phenoxy) is 1. The second-order valence-electron chi connectivity index (χ2n) is 6.15. The third-order valence-electron chi connectivity index (χ3n) is 4.18. The average molecular weight is 297 g/mol. The van der Waals surface area contributed by atoms with Gasteiger partial charge in [-0.1, -0.05) is 51.9 Å². The number of amides is 1. The summed E-state index contributed by atoms with van der Waals surface area (Å²) in [7, 11) is 0. The molecule has 1 aliphatic rings. The summed E-state index contributed by atoms with van der Waals surface area (Å²) in [5, 5.41) is 2.80. The normalized spacial score (nSPS) is 17.2. The van der Waals surface area contributed by atoms with E-state index in [1.165, 1.54) is 25.7 Å². The van der Waals surface area contributed by atoms with Gasteiger partial charge < -0.3 is 10.1 Å². The Balaban J connectivity index is 2.13. The second kappa shape index (κ2) is 10.6.